The number of unbranched alkanes of at least 4 members (excludes halogenated alkanes) is 8. The first-order chi connectivity index (χ1) is 23.7. The maximum Gasteiger partial charge on any atom is 0.305 e. The first kappa shape index (κ1) is 40.7. The SMILES string of the molecule is CCCCC/C=C\C/C=C\CCCCCCCC(=O)OCC[C@H](CC[C@@H](C)[C@H]1CC[C@H]2[C@@H]3CCC4CCCC[C@]4(C)[C@H]3CC[C@]12C)C(C)C. The zero-order chi connectivity index (χ0) is 35.1. The van der Waals surface area contributed by atoms with E-state index in [0.717, 1.165) is 61.2 Å². The number of carbonyl (C=O) groups is 1. The lowest BCUT2D eigenvalue weighted by Gasteiger charge is -2.61. The van der Waals surface area contributed by atoms with Gasteiger partial charge < -0.3 is 4.74 Å². The zero-order valence-corrected chi connectivity index (χ0v) is 33.6. The Bertz CT molecular complexity index is 994. The highest BCUT2D eigenvalue weighted by molar-refractivity contribution is 5.69. The van der Waals surface area contributed by atoms with Gasteiger partial charge in [-0.1, -0.05) is 117 Å². The molecule has 0 aromatic carbocycles. The second-order valence-electron chi connectivity index (χ2n) is 18.7. The van der Waals surface area contributed by atoms with Crippen LogP contribution in [0.25, 0.3) is 0 Å². The van der Waals surface area contributed by atoms with Gasteiger partial charge in [0, 0.05) is 6.42 Å². The van der Waals surface area contributed by atoms with Gasteiger partial charge in [0.15, 0.2) is 0 Å². The molecule has 0 aromatic heterocycles. The van der Waals surface area contributed by atoms with E-state index in [4.69, 9.17) is 4.74 Å². The summed E-state index contributed by atoms with van der Waals surface area (Å²) >= 11 is 0. The molecular weight excluding hydrogens is 597 g/mol. The number of ether oxygens (including phenoxy) is 1. The fourth-order valence-electron chi connectivity index (χ4n) is 12.2. The molecule has 4 fully saturated rings. The summed E-state index contributed by atoms with van der Waals surface area (Å²) < 4.78 is 5.78. The van der Waals surface area contributed by atoms with Crippen molar-refractivity contribution < 1.29 is 9.53 Å². The van der Waals surface area contributed by atoms with Gasteiger partial charge in [-0.05, 0) is 161 Å². The van der Waals surface area contributed by atoms with Crippen molar-refractivity contribution >= 4 is 5.97 Å². The molecule has 0 N–H and O–H groups in total. The predicted octanol–water partition coefficient (Wildman–Crippen LogP) is 14.5. The highest BCUT2D eigenvalue weighted by Crippen LogP contribution is 2.68. The molecule has 0 saturated heterocycles. The fraction of sp³-hybridized carbons (Fsp3) is 0.894. The van der Waals surface area contributed by atoms with E-state index >= 15 is 0 Å². The van der Waals surface area contributed by atoms with Crippen LogP contribution in [-0.4, -0.2) is 12.6 Å². The molecule has 0 bridgehead atoms. The Labute approximate surface area is 305 Å². The number of allylic oxidation sites excluding steroid dienone is 4. The Morgan fingerprint density at radius 2 is 1.43 bits per heavy atom. The number of hydrogen-bond acceptors (Lipinski definition) is 2. The summed E-state index contributed by atoms with van der Waals surface area (Å²) in [5, 5.41) is 0. The average Bonchev–Trinajstić information content (AvgIpc) is 3.44. The third kappa shape index (κ3) is 11.5. The van der Waals surface area contributed by atoms with Crippen molar-refractivity contribution in [1.29, 1.82) is 0 Å². The van der Waals surface area contributed by atoms with Crippen molar-refractivity contribution in [3.63, 3.8) is 0 Å². The van der Waals surface area contributed by atoms with Crippen LogP contribution < -0.4 is 0 Å². The molecule has 49 heavy (non-hydrogen) atoms. The number of carbonyl (C=O) groups excluding carboxylic acids is 1. The van der Waals surface area contributed by atoms with Gasteiger partial charge in [0.1, 0.15) is 0 Å². The highest BCUT2D eigenvalue weighted by Gasteiger charge is 2.60. The minimum Gasteiger partial charge on any atom is -0.466 e. The van der Waals surface area contributed by atoms with Crippen molar-refractivity contribution in [1.82, 2.24) is 0 Å². The Morgan fingerprint density at radius 3 is 2.18 bits per heavy atom. The van der Waals surface area contributed by atoms with Gasteiger partial charge in [-0.15, -0.1) is 0 Å². The topological polar surface area (TPSA) is 26.3 Å². The van der Waals surface area contributed by atoms with Crippen LogP contribution in [0.5, 0.6) is 0 Å². The molecule has 4 rings (SSSR count). The second-order valence-corrected chi connectivity index (χ2v) is 18.7. The van der Waals surface area contributed by atoms with E-state index in [0.29, 0.717) is 35.7 Å². The van der Waals surface area contributed by atoms with E-state index in [1.165, 1.54) is 128 Å². The van der Waals surface area contributed by atoms with Gasteiger partial charge in [0.2, 0.25) is 0 Å². The molecule has 4 saturated carbocycles. The van der Waals surface area contributed by atoms with Crippen LogP contribution >= 0.6 is 0 Å². The fourth-order valence-corrected chi connectivity index (χ4v) is 12.2. The molecule has 2 nitrogen and oxygen atoms in total. The summed E-state index contributed by atoms with van der Waals surface area (Å²) in [6.45, 7) is 15.7. The minimum atomic E-state index is 0.0261. The number of fused-ring (bicyclic) bond motifs is 5. The van der Waals surface area contributed by atoms with Gasteiger partial charge in [0.05, 0.1) is 6.61 Å². The molecule has 1 unspecified atom stereocenters. The van der Waals surface area contributed by atoms with E-state index in [1.54, 1.807) is 0 Å². The van der Waals surface area contributed by atoms with E-state index in [-0.39, 0.29) is 5.97 Å². The van der Waals surface area contributed by atoms with Crippen molar-refractivity contribution in [2.45, 2.75) is 202 Å². The summed E-state index contributed by atoms with van der Waals surface area (Å²) in [6.07, 6.45) is 42.0. The number of esters is 1. The molecule has 282 valence electrons. The zero-order valence-electron chi connectivity index (χ0n) is 33.6. The summed E-state index contributed by atoms with van der Waals surface area (Å²) in [4.78, 5) is 12.5. The van der Waals surface area contributed by atoms with Crippen LogP contribution in [0, 0.1) is 58.2 Å². The van der Waals surface area contributed by atoms with Crippen molar-refractivity contribution in [2.24, 2.45) is 58.2 Å². The molecule has 0 spiro atoms. The Balaban J connectivity index is 1.07. The van der Waals surface area contributed by atoms with Gasteiger partial charge in [-0.25, -0.2) is 0 Å². The van der Waals surface area contributed by atoms with E-state index in [9.17, 15) is 4.79 Å². The molecule has 2 heteroatoms. The minimum absolute atomic E-state index is 0.0261. The Kier molecular flexibility index (Phi) is 17.3. The van der Waals surface area contributed by atoms with Crippen LogP contribution in [0.1, 0.15) is 202 Å². The summed E-state index contributed by atoms with van der Waals surface area (Å²) in [6, 6.07) is 0. The first-order valence-corrected chi connectivity index (χ1v) is 22.2. The summed E-state index contributed by atoms with van der Waals surface area (Å²) in [7, 11) is 0. The van der Waals surface area contributed by atoms with Crippen molar-refractivity contribution in [3.8, 4) is 0 Å². The second kappa shape index (κ2) is 20.9. The number of rotatable bonds is 22. The summed E-state index contributed by atoms with van der Waals surface area (Å²) in [5.74, 6) is 7.10. The molecule has 0 aromatic rings. The van der Waals surface area contributed by atoms with Crippen molar-refractivity contribution in [3.05, 3.63) is 24.3 Å². The molecule has 0 amide bonds. The van der Waals surface area contributed by atoms with Crippen molar-refractivity contribution in [2.75, 3.05) is 6.61 Å². The van der Waals surface area contributed by atoms with Gasteiger partial charge in [0.25, 0.3) is 0 Å². The third-order valence-electron chi connectivity index (χ3n) is 15.4. The summed E-state index contributed by atoms with van der Waals surface area (Å²) in [5.41, 5.74) is 1.23. The maximum absolute atomic E-state index is 12.5. The third-order valence-corrected chi connectivity index (χ3v) is 15.4. The van der Waals surface area contributed by atoms with Gasteiger partial charge >= 0.3 is 5.97 Å². The van der Waals surface area contributed by atoms with Crippen LogP contribution in [-0.2, 0) is 9.53 Å². The van der Waals surface area contributed by atoms with Crippen LogP contribution in [0.2, 0.25) is 0 Å². The van der Waals surface area contributed by atoms with Crippen LogP contribution in [0.15, 0.2) is 24.3 Å². The molecule has 9 atom stereocenters. The van der Waals surface area contributed by atoms with Crippen LogP contribution in [0.4, 0.5) is 0 Å². The van der Waals surface area contributed by atoms with Gasteiger partial charge in [-0.2, -0.15) is 0 Å². The molecule has 4 aliphatic rings. The van der Waals surface area contributed by atoms with E-state index in [2.05, 4.69) is 65.8 Å². The molecule has 0 aliphatic heterocycles. The smallest absolute Gasteiger partial charge is 0.305 e. The lowest BCUT2D eigenvalue weighted by molar-refractivity contribution is -0.144. The monoisotopic (exact) mass is 679 g/mol. The molecule has 4 aliphatic carbocycles. The van der Waals surface area contributed by atoms with Gasteiger partial charge in [-0.3, -0.25) is 4.79 Å². The molecular formula is C47H82O2. The van der Waals surface area contributed by atoms with Crippen LogP contribution in [0.3, 0.4) is 0 Å². The molecule has 0 heterocycles. The average molecular weight is 679 g/mol. The lowest BCUT2D eigenvalue weighted by atomic mass is 9.44. The lowest BCUT2D eigenvalue weighted by Crippen LogP contribution is -2.53. The predicted molar refractivity (Wildman–Crippen MR) is 211 cm³/mol. The number of hydrogen-bond donors (Lipinski definition) is 0. The highest BCUT2D eigenvalue weighted by atomic mass is 16.5. The Hall–Kier alpha value is -1.05. The first-order valence-electron chi connectivity index (χ1n) is 22.2. The van der Waals surface area contributed by atoms with E-state index in [1.807, 2.05) is 0 Å². The normalized spacial score (nSPS) is 32.7. The standard InChI is InChI=1S/C47H82O2/c1-7-8-9-10-11-12-13-14-15-16-17-18-19-20-21-25-45(48)49-36-33-39(37(2)3)27-26-38(4)42-30-31-43-41-29-28-40-24-22-23-34-46(40,5)44(41)32-35-47(42,43)6/h11-12,14-15,37-44H,7-10,13,16-36H2,1-6H3/b12-11-,15-14-/t38-,39+,40?,41+,42-,43+,44+,46+,47-/m1/s1. The largest absolute Gasteiger partial charge is 0.466 e. The maximum atomic E-state index is 12.5. The van der Waals surface area contributed by atoms with E-state index < -0.39 is 0 Å². The quantitative estimate of drug-likeness (QED) is 0.0647. The molecule has 0 radical (unpaired) electrons. The Morgan fingerprint density at radius 1 is 0.714 bits per heavy atom.